The van der Waals surface area contributed by atoms with Gasteiger partial charge in [0.05, 0.1) is 19.4 Å². The molecule has 0 aliphatic rings. The van der Waals surface area contributed by atoms with E-state index in [-0.39, 0.29) is 12.3 Å². The SMILES string of the molecule is CC(C)CC(NC(=O)C(N)CO)C(=O)NC(CC(=O)O)C(=O)NC(CC(N)=O)C(=O)O. The number of amides is 4. The lowest BCUT2D eigenvalue weighted by Gasteiger charge is -2.25. The Morgan fingerprint density at radius 2 is 1.29 bits per heavy atom. The molecule has 0 saturated carbocycles. The molecule has 0 radical (unpaired) electrons. The van der Waals surface area contributed by atoms with Crippen LogP contribution in [0.1, 0.15) is 33.1 Å². The number of nitrogens with one attached hydrogen (secondary N) is 3. The van der Waals surface area contributed by atoms with Gasteiger partial charge >= 0.3 is 11.9 Å². The molecule has 0 spiro atoms. The summed E-state index contributed by atoms with van der Waals surface area (Å²) in [6.07, 6.45) is -1.56. The maximum atomic E-state index is 12.6. The van der Waals surface area contributed by atoms with Gasteiger partial charge < -0.3 is 42.7 Å². The summed E-state index contributed by atoms with van der Waals surface area (Å²) in [6.45, 7) is 2.80. The predicted molar refractivity (Wildman–Crippen MR) is 104 cm³/mol. The maximum absolute atomic E-state index is 12.6. The van der Waals surface area contributed by atoms with Crippen molar-refractivity contribution >= 4 is 35.6 Å². The third kappa shape index (κ3) is 10.9. The summed E-state index contributed by atoms with van der Waals surface area (Å²) in [4.78, 5) is 70.2. The quantitative estimate of drug-likeness (QED) is 0.129. The van der Waals surface area contributed by atoms with Crippen molar-refractivity contribution in [2.24, 2.45) is 17.4 Å². The highest BCUT2D eigenvalue weighted by Crippen LogP contribution is 2.07. The van der Waals surface area contributed by atoms with Crippen molar-refractivity contribution in [1.82, 2.24) is 16.0 Å². The van der Waals surface area contributed by atoms with Crippen LogP contribution < -0.4 is 27.4 Å². The van der Waals surface area contributed by atoms with E-state index in [0.29, 0.717) is 0 Å². The molecule has 0 aliphatic carbocycles. The Morgan fingerprint density at radius 3 is 1.71 bits per heavy atom. The van der Waals surface area contributed by atoms with Crippen LogP contribution in [-0.4, -0.2) is 81.7 Å². The molecule has 4 unspecified atom stereocenters. The minimum absolute atomic E-state index is 0.0938. The zero-order valence-corrected chi connectivity index (χ0v) is 17.2. The van der Waals surface area contributed by atoms with Crippen LogP contribution in [-0.2, 0) is 28.8 Å². The second-order valence-electron chi connectivity index (χ2n) is 7.21. The second kappa shape index (κ2) is 13.1. The Balaban J connectivity index is 5.51. The van der Waals surface area contributed by atoms with Crippen LogP contribution in [0.5, 0.6) is 0 Å². The van der Waals surface area contributed by atoms with Crippen molar-refractivity contribution in [2.45, 2.75) is 57.3 Å². The van der Waals surface area contributed by atoms with Crippen LogP contribution in [0.3, 0.4) is 0 Å². The van der Waals surface area contributed by atoms with Gasteiger partial charge in [0.1, 0.15) is 24.2 Å². The van der Waals surface area contributed by atoms with Gasteiger partial charge in [-0.15, -0.1) is 0 Å². The Hall–Kier alpha value is -3.26. The molecule has 0 bridgehead atoms. The standard InChI is InChI=1S/C17H29N5O9/c1-7(2)3-9(20-14(27)8(18)6-23)15(28)21-10(5-13(25)26)16(29)22-11(17(30)31)4-12(19)24/h7-11,23H,3-6,18H2,1-2H3,(H2,19,24)(H,20,27)(H,21,28)(H,22,29)(H,25,26)(H,30,31). The predicted octanol–water partition coefficient (Wildman–Crippen LogP) is -3.76. The number of nitrogens with two attached hydrogens (primary N) is 2. The van der Waals surface area contributed by atoms with Crippen molar-refractivity contribution < 1.29 is 44.1 Å². The van der Waals surface area contributed by atoms with E-state index < -0.39 is 79.2 Å². The Morgan fingerprint density at radius 1 is 0.806 bits per heavy atom. The molecule has 4 amide bonds. The monoisotopic (exact) mass is 447 g/mol. The van der Waals surface area contributed by atoms with Gasteiger partial charge in [0.25, 0.3) is 0 Å². The Bertz CT molecular complexity index is 697. The number of hydrogen-bond donors (Lipinski definition) is 8. The van der Waals surface area contributed by atoms with Crippen LogP contribution in [0.25, 0.3) is 0 Å². The highest BCUT2D eigenvalue weighted by Gasteiger charge is 2.32. The van der Waals surface area contributed by atoms with Crippen LogP contribution >= 0.6 is 0 Å². The van der Waals surface area contributed by atoms with Gasteiger partial charge in [0.15, 0.2) is 0 Å². The average molecular weight is 447 g/mol. The molecular formula is C17H29N5O9. The summed E-state index contributed by atoms with van der Waals surface area (Å²) in [5.41, 5.74) is 10.3. The largest absolute Gasteiger partial charge is 0.481 e. The van der Waals surface area contributed by atoms with E-state index in [4.69, 9.17) is 26.8 Å². The average Bonchev–Trinajstić information content (AvgIpc) is 2.64. The van der Waals surface area contributed by atoms with Gasteiger partial charge in [0, 0.05) is 0 Å². The van der Waals surface area contributed by atoms with E-state index in [1.54, 1.807) is 13.8 Å². The van der Waals surface area contributed by atoms with Crippen LogP contribution in [0.4, 0.5) is 0 Å². The van der Waals surface area contributed by atoms with E-state index >= 15 is 0 Å². The molecule has 0 aliphatic heterocycles. The summed E-state index contributed by atoms with van der Waals surface area (Å²) >= 11 is 0. The summed E-state index contributed by atoms with van der Waals surface area (Å²) in [6, 6.07) is -5.95. The molecular weight excluding hydrogens is 418 g/mol. The van der Waals surface area contributed by atoms with Crippen LogP contribution in [0.2, 0.25) is 0 Å². The Labute approximate surface area is 177 Å². The Kier molecular flexibility index (Phi) is 11.7. The fraction of sp³-hybridized carbons (Fsp3) is 0.647. The lowest BCUT2D eigenvalue weighted by atomic mass is 10.0. The van der Waals surface area contributed by atoms with E-state index in [1.165, 1.54) is 0 Å². The molecule has 0 rings (SSSR count). The number of carboxylic acid groups (broad SMARTS) is 2. The summed E-state index contributed by atoms with van der Waals surface area (Å²) in [5.74, 6) is -7.13. The number of aliphatic hydroxyl groups excluding tert-OH is 1. The molecule has 0 aromatic carbocycles. The summed E-state index contributed by atoms with van der Waals surface area (Å²) in [5, 5.41) is 33.5. The first kappa shape index (κ1) is 27.7. The van der Waals surface area contributed by atoms with Gasteiger partial charge in [-0.1, -0.05) is 13.8 Å². The lowest BCUT2D eigenvalue weighted by molar-refractivity contribution is -0.145. The minimum Gasteiger partial charge on any atom is -0.481 e. The van der Waals surface area contributed by atoms with Gasteiger partial charge in [-0.05, 0) is 12.3 Å². The molecule has 14 nitrogen and oxygen atoms in total. The van der Waals surface area contributed by atoms with Gasteiger partial charge in [-0.3, -0.25) is 24.0 Å². The topological polar surface area (TPSA) is 251 Å². The number of aliphatic hydroxyl groups is 1. The number of carbonyl (C=O) groups excluding carboxylic acids is 4. The van der Waals surface area contributed by atoms with Crippen molar-refractivity contribution in [3.63, 3.8) is 0 Å². The van der Waals surface area contributed by atoms with Crippen molar-refractivity contribution in [3.05, 3.63) is 0 Å². The first-order chi connectivity index (χ1) is 14.3. The molecule has 0 saturated heterocycles. The number of rotatable bonds is 14. The van der Waals surface area contributed by atoms with E-state index in [0.717, 1.165) is 0 Å². The number of primary amides is 1. The smallest absolute Gasteiger partial charge is 0.326 e. The molecule has 0 fully saturated rings. The zero-order chi connectivity index (χ0) is 24.3. The van der Waals surface area contributed by atoms with Crippen molar-refractivity contribution in [3.8, 4) is 0 Å². The van der Waals surface area contributed by atoms with Gasteiger partial charge in [-0.25, -0.2) is 4.79 Å². The number of carbonyl (C=O) groups is 6. The minimum atomic E-state index is -1.73. The fourth-order valence-electron chi connectivity index (χ4n) is 2.39. The zero-order valence-electron chi connectivity index (χ0n) is 17.2. The van der Waals surface area contributed by atoms with Gasteiger partial charge in [-0.2, -0.15) is 0 Å². The maximum Gasteiger partial charge on any atom is 0.326 e. The normalized spacial score (nSPS) is 14.6. The second-order valence-corrected chi connectivity index (χ2v) is 7.21. The lowest BCUT2D eigenvalue weighted by Crippen LogP contribution is -2.58. The molecule has 0 aromatic heterocycles. The summed E-state index contributed by atoms with van der Waals surface area (Å²) in [7, 11) is 0. The van der Waals surface area contributed by atoms with E-state index in [9.17, 15) is 28.8 Å². The number of carboxylic acids is 2. The first-order valence-corrected chi connectivity index (χ1v) is 9.28. The molecule has 4 atom stereocenters. The number of hydrogen-bond acceptors (Lipinski definition) is 8. The molecule has 0 heterocycles. The summed E-state index contributed by atoms with van der Waals surface area (Å²) < 4.78 is 0. The van der Waals surface area contributed by atoms with Crippen molar-refractivity contribution in [2.75, 3.05) is 6.61 Å². The molecule has 14 heteroatoms. The fourth-order valence-corrected chi connectivity index (χ4v) is 2.39. The van der Waals surface area contributed by atoms with E-state index in [2.05, 4.69) is 10.6 Å². The number of aliphatic carboxylic acids is 2. The van der Waals surface area contributed by atoms with Crippen LogP contribution in [0.15, 0.2) is 0 Å². The van der Waals surface area contributed by atoms with Crippen LogP contribution in [0, 0.1) is 5.92 Å². The molecule has 176 valence electrons. The first-order valence-electron chi connectivity index (χ1n) is 9.28. The molecule has 31 heavy (non-hydrogen) atoms. The van der Waals surface area contributed by atoms with E-state index in [1.807, 2.05) is 5.32 Å². The van der Waals surface area contributed by atoms with Crippen molar-refractivity contribution in [1.29, 1.82) is 0 Å². The third-order valence-corrected chi connectivity index (χ3v) is 3.91. The third-order valence-electron chi connectivity index (χ3n) is 3.91. The highest BCUT2D eigenvalue weighted by molar-refractivity contribution is 5.96. The highest BCUT2D eigenvalue weighted by atomic mass is 16.4. The molecule has 10 N–H and O–H groups in total. The molecule has 0 aromatic rings. The van der Waals surface area contributed by atoms with Gasteiger partial charge in [0.2, 0.25) is 23.6 Å².